The van der Waals surface area contributed by atoms with E-state index in [-0.39, 0.29) is 18.4 Å². The number of allylic oxidation sites excluding steroid dienone is 2. The molecule has 112 valence electrons. The van der Waals surface area contributed by atoms with Gasteiger partial charge in [-0.15, -0.1) is 0 Å². The van der Waals surface area contributed by atoms with Gasteiger partial charge in [-0.3, -0.25) is 14.5 Å². The molecule has 0 aromatic carbocycles. The monoisotopic (exact) mass is 288 g/mol. The van der Waals surface area contributed by atoms with Crippen LogP contribution in [0.1, 0.15) is 25.0 Å². The third-order valence-corrected chi connectivity index (χ3v) is 3.55. The van der Waals surface area contributed by atoms with Gasteiger partial charge < -0.3 is 4.74 Å². The average Bonchev–Trinajstić information content (AvgIpc) is 2.52. The summed E-state index contributed by atoms with van der Waals surface area (Å²) in [6.45, 7) is 1.75. The standard InChI is InChI=1S/C16H20N2O3/c1-12-7-6-10-14(17-12)18(11-15(19)21-2)16(20)13-8-4-3-5-9-13/h3-4,6-7,10,13H,5,8-9,11H2,1-2H3/t13-/m1/s1. The SMILES string of the molecule is COC(=O)CN(C(=O)[C@@H]1CC=CCC1)c1cccc(C)n1. The van der Waals surface area contributed by atoms with E-state index in [1.165, 1.54) is 12.0 Å². The van der Waals surface area contributed by atoms with Crippen molar-refractivity contribution in [3.05, 3.63) is 36.0 Å². The molecule has 1 aromatic heterocycles. The van der Waals surface area contributed by atoms with Crippen molar-refractivity contribution in [2.24, 2.45) is 5.92 Å². The van der Waals surface area contributed by atoms with E-state index in [0.717, 1.165) is 18.5 Å². The minimum absolute atomic E-state index is 0.0668. The molecule has 0 saturated carbocycles. The molecular weight excluding hydrogens is 268 g/mol. The maximum atomic E-state index is 12.7. The van der Waals surface area contributed by atoms with E-state index in [2.05, 4.69) is 11.1 Å². The number of nitrogens with zero attached hydrogens (tertiary/aromatic N) is 2. The number of esters is 1. The highest BCUT2D eigenvalue weighted by Crippen LogP contribution is 2.23. The maximum absolute atomic E-state index is 12.7. The highest BCUT2D eigenvalue weighted by molar-refractivity contribution is 5.98. The van der Waals surface area contributed by atoms with Gasteiger partial charge in [0.1, 0.15) is 12.4 Å². The molecule has 5 heteroatoms. The van der Waals surface area contributed by atoms with Crippen LogP contribution in [0.2, 0.25) is 0 Å². The Morgan fingerprint density at radius 3 is 2.81 bits per heavy atom. The van der Waals surface area contributed by atoms with Gasteiger partial charge >= 0.3 is 5.97 Å². The molecule has 0 radical (unpaired) electrons. The number of aryl methyl sites for hydroxylation is 1. The predicted molar refractivity (Wildman–Crippen MR) is 79.8 cm³/mol. The van der Waals surface area contributed by atoms with Crippen molar-refractivity contribution in [1.82, 2.24) is 4.98 Å². The van der Waals surface area contributed by atoms with Gasteiger partial charge in [0.25, 0.3) is 0 Å². The van der Waals surface area contributed by atoms with Crippen molar-refractivity contribution in [2.45, 2.75) is 26.2 Å². The fourth-order valence-corrected chi connectivity index (χ4v) is 2.38. The zero-order valence-corrected chi connectivity index (χ0v) is 12.4. The molecule has 0 aliphatic heterocycles. The Morgan fingerprint density at radius 1 is 1.38 bits per heavy atom. The predicted octanol–water partition coefficient (Wildman–Crippen LogP) is 2.25. The van der Waals surface area contributed by atoms with Gasteiger partial charge in [-0.05, 0) is 38.3 Å². The quantitative estimate of drug-likeness (QED) is 0.630. The topological polar surface area (TPSA) is 59.5 Å². The number of ether oxygens (including phenoxy) is 1. The summed E-state index contributed by atoms with van der Waals surface area (Å²) in [5.74, 6) is -0.109. The molecule has 2 rings (SSSR count). The van der Waals surface area contributed by atoms with Crippen molar-refractivity contribution >= 4 is 17.7 Å². The zero-order chi connectivity index (χ0) is 15.2. The molecule has 1 atom stereocenters. The van der Waals surface area contributed by atoms with Gasteiger partial charge in [-0.1, -0.05) is 18.2 Å². The molecule has 0 N–H and O–H groups in total. The Kier molecular flexibility index (Phi) is 5.09. The lowest BCUT2D eigenvalue weighted by molar-refractivity contribution is -0.140. The van der Waals surface area contributed by atoms with Crippen LogP contribution in [0, 0.1) is 12.8 Å². The lowest BCUT2D eigenvalue weighted by Crippen LogP contribution is -2.41. The van der Waals surface area contributed by atoms with Crippen LogP contribution in [-0.4, -0.2) is 30.5 Å². The highest BCUT2D eigenvalue weighted by atomic mass is 16.5. The Hall–Kier alpha value is -2.17. The van der Waals surface area contributed by atoms with Crippen molar-refractivity contribution in [3.63, 3.8) is 0 Å². The minimum atomic E-state index is -0.446. The fraction of sp³-hybridized carbons (Fsp3) is 0.438. The van der Waals surface area contributed by atoms with Gasteiger partial charge in [0.2, 0.25) is 5.91 Å². The lowest BCUT2D eigenvalue weighted by atomic mass is 9.93. The van der Waals surface area contributed by atoms with E-state index < -0.39 is 5.97 Å². The van der Waals surface area contributed by atoms with Crippen LogP contribution in [0.15, 0.2) is 30.4 Å². The Bertz CT molecular complexity index is 554. The van der Waals surface area contributed by atoms with Gasteiger partial charge in [0.15, 0.2) is 0 Å². The van der Waals surface area contributed by atoms with Gasteiger partial charge in [-0.2, -0.15) is 0 Å². The molecule has 1 aliphatic rings. The summed E-state index contributed by atoms with van der Waals surface area (Å²) >= 11 is 0. The third-order valence-electron chi connectivity index (χ3n) is 3.55. The molecule has 0 unspecified atom stereocenters. The molecule has 0 spiro atoms. The van der Waals surface area contributed by atoms with Crippen LogP contribution < -0.4 is 4.90 Å². The maximum Gasteiger partial charge on any atom is 0.325 e. The first kappa shape index (κ1) is 15.2. The normalized spacial score (nSPS) is 17.3. The molecule has 5 nitrogen and oxygen atoms in total. The number of carbonyl (C=O) groups is 2. The molecule has 0 bridgehead atoms. The van der Waals surface area contributed by atoms with E-state index in [4.69, 9.17) is 4.74 Å². The number of aromatic nitrogens is 1. The molecule has 0 saturated heterocycles. The van der Waals surface area contributed by atoms with Gasteiger partial charge in [0, 0.05) is 11.6 Å². The first-order chi connectivity index (χ1) is 10.1. The fourth-order valence-electron chi connectivity index (χ4n) is 2.38. The van der Waals surface area contributed by atoms with Crippen molar-refractivity contribution < 1.29 is 14.3 Å². The summed E-state index contributed by atoms with van der Waals surface area (Å²) in [5, 5.41) is 0. The summed E-state index contributed by atoms with van der Waals surface area (Å²) in [6.07, 6.45) is 6.51. The van der Waals surface area contributed by atoms with Gasteiger partial charge in [-0.25, -0.2) is 4.98 Å². The summed E-state index contributed by atoms with van der Waals surface area (Å²) in [4.78, 5) is 30.1. The number of methoxy groups -OCH3 is 1. The Morgan fingerprint density at radius 2 is 2.19 bits per heavy atom. The summed E-state index contributed by atoms with van der Waals surface area (Å²) in [6, 6.07) is 5.43. The molecule has 1 aromatic rings. The lowest BCUT2D eigenvalue weighted by Gasteiger charge is -2.26. The first-order valence-electron chi connectivity index (χ1n) is 7.08. The summed E-state index contributed by atoms with van der Waals surface area (Å²) in [5.41, 5.74) is 0.804. The molecule has 1 aliphatic carbocycles. The average molecular weight is 288 g/mol. The largest absolute Gasteiger partial charge is 0.468 e. The highest BCUT2D eigenvalue weighted by Gasteiger charge is 2.28. The number of amides is 1. The van der Waals surface area contributed by atoms with E-state index in [9.17, 15) is 9.59 Å². The van der Waals surface area contributed by atoms with E-state index in [0.29, 0.717) is 12.2 Å². The van der Waals surface area contributed by atoms with E-state index >= 15 is 0 Å². The van der Waals surface area contributed by atoms with Crippen molar-refractivity contribution in [3.8, 4) is 0 Å². The summed E-state index contributed by atoms with van der Waals surface area (Å²) < 4.78 is 4.70. The van der Waals surface area contributed by atoms with Crippen LogP contribution in [0.25, 0.3) is 0 Å². The number of rotatable bonds is 4. The second-order valence-electron chi connectivity index (χ2n) is 5.12. The smallest absolute Gasteiger partial charge is 0.325 e. The Balaban J connectivity index is 2.24. The van der Waals surface area contributed by atoms with Crippen LogP contribution in [0.4, 0.5) is 5.82 Å². The van der Waals surface area contributed by atoms with Crippen molar-refractivity contribution in [2.75, 3.05) is 18.6 Å². The molecule has 21 heavy (non-hydrogen) atoms. The minimum Gasteiger partial charge on any atom is -0.468 e. The van der Waals surface area contributed by atoms with Crippen molar-refractivity contribution in [1.29, 1.82) is 0 Å². The molecular formula is C16H20N2O3. The van der Waals surface area contributed by atoms with Crippen LogP contribution in [0.5, 0.6) is 0 Å². The van der Waals surface area contributed by atoms with Gasteiger partial charge in [0.05, 0.1) is 7.11 Å². The molecule has 1 heterocycles. The van der Waals surface area contributed by atoms with Crippen LogP contribution in [-0.2, 0) is 14.3 Å². The van der Waals surface area contributed by atoms with E-state index in [1.54, 1.807) is 6.07 Å². The number of hydrogen-bond donors (Lipinski definition) is 0. The zero-order valence-electron chi connectivity index (χ0n) is 12.4. The second kappa shape index (κ2) is 7.02. The summed E-state index contributed by atoms with van der Waals surface area (Å²) in [7, 11) is 1.32. The third kappa shape index (κ3) is 3.90. The Labute approximate surface area is 124 Å². The number of hydrogen-bond acceptors (Lipinski definition) is 4. The van der Waals surface area contributed by atoms with Crippen LogP contribution >= 0.6 is 0 Å². The number of anilines is 1. The second-order valence-corrected chi connectivity index (χ2v) is 5.12. The first-order valence-corrected chi connectivity index (χ1v) is 7.08. The number of pyridine rings is 1. The van der Waals surface area contributed by atoms with Crippen LogP contribution in [0.3, 0.4) is 0 Å². The number of carbonyl (C=O) groups excluding carboxylic acids is 2. The molecule has 0 fully saturated rings. The molecule has 1 amide bonds. The van der Waals surface area contributed by atoms with E-state index in [1.807, 2.05) is 25.1 Å².